The lowest BCUT2D eigenvalue weighted by molar-refractivity contribution is -0.155. The SMILES string of the molecule is C=C1NC2=C(C(=O)CC(C)(C)C2)C(c2cc3c(cc2Cl)OCO3)C1C(=O)OC1CCCCC1. The number of hydrogen-bond donors (Lipinski definition) is 1. The molecule has 4 aliphatic rings. The Morgan fingerprint density at radius 2 is 1.85 bits per heavy atom. The lowest BCUT2D eigenvalue weighted by atomic mass is 9.66. The zero-order valence-corrected chi connectivity index (χ0v) is 19.9. The van der Waals surface area contributed by atoms with Crippen LogP contribution in [0.25, 0.3) is 0 Å². The topological polar surface area (TPSA) is 73.9 Å². The molecular weight excluding hydrogens is 442 g/mol. The van der Waals surface area contributed by atoms with Crippen LogP contribution in [0.4, 0.5) is 0 Å². The van der Waals surface area contributed by atoms with Crippen LogP contribution in [0.5, 0.6) is 11.5 Å². The standard InChI is InChI=1S/C26H30ClNO5/c1-14-22(25(30)33-15-7-5-4-6-8-15)23(16-9-20-21(10-17(16)27)32-13-31-20)24-18(28-14)11-26(2,3)12-19(24)29/h9-10,15,22-23,28H,1,4-8,11-13H2,2-3H3. The Hall–Kier alpha value is -2.47. The zero-order valence-electron chi connectivity index (χ0n) is 19.2. The molecule has 0 saturated heterocycles. The number of ether oxygens (including phenoxy) is 3. The monoisotopic (exact) mass is 471 g/mol. The van der Waals surface area contributed by atoms with Gasteiger partial charge in [0.25, 0.3) is 0 Å². The molecule has 176 valence electrons. The predicted molar refractivity (Wildman–Crippen MR) is 124 cm³/mol. The molecule has 1 aromatic carbocycles. The van der Waals surface area contributed by atoms with Crippen LogP contribution in [0.3, 0.4) is 0 Å². The first-order valence-corrected chi connectivity index (χ1v) is 12.1. The number of nitrogens with one attached hydrogen (secondary N) is 1. The zero-order chi connectivity index (χ0) is 23.3. The normalized spacial score (nSPS) is 26.6. The highest BCUT2D eigenvalue weighted by Gasteiger charge is 2.48. The minimum absolute atomic E-state index is 0.0236. The first-order valence-electron chi connectivity index (χ1n) is 11.7. The van der Waals surface area contributed by atoms with Crippen LogP contribution in [0.15, 0.2) is 35.7 Å². The second-order valence-corrected chi connectivity index (χ2v) is 10.8. The van der Waals surface area contributed by atoms with Crippen molar-refractivity contribution < 1.29 is 23.8 Å². The van der Waals surface area contributed by atoms with Gasteiger partial charge in [0.2, 0.25) is 6.79 Å². The van der Waals surface area contributed by atoms with Crippen molar-refractivity contribution >= 4 is 23.4 Å². The molecular formula is C26H30ClNO5. The van der Waals surface area contributed by atoms with Crippen molar-refractivity contribution in [2.24, 2.45) is 11.3 Å². The highest BCUT2D eigenvalue weighted by atomic mass is 35.5. The lowest BCUT2D eigenvalue weighted by Crippen LogP contribution is -2.44. The van der Waals surface area contributed by atoms with Crippen LogP contribution in [0.1, 0.15) is 70.3 Å². The van der Waals surface area contributed by atoms with Crippen molar-refractivity contribution in [3.63, 3.8) is 0 Å². The summed E-state index contributed by atoms with van der Waals surface area (Å²) in [4.78, 5) is 27.0. The maximum atomic E-state index is 13.6. The summed E-state index contributed by atoms with van der Waals surface area (Å²) in [6, 6.07) is 3.50. The van der Waals surface area contributed by atoms with Crippen molar-refractivity contribution in [3.8, 4) is 11.5 Å². The van der Waals surface area contributed by atoms with Crippen LogP contribution in [-0.4, -0.2) is 24.6 Å². The summed E-state index contributed by atoms with van der Waals surface area (Å²) < 4.78 is 17.0. The van der Waals surface area contributed by atoms with E-state index in [1.807, 2.05) is 0 Å². The highest BCUT2D eigenvalue weighted by molar-refractivity contribution is 6.31. The Labute approximate surface area is 199 Å². The molecule has 2 heterocycles. The number of rotatable bonds is 3. The van der Waals surface area contributed by atoms with E-state index in [1.165, 1.54) is 6.42 Å². The highest BCUT2D eigenvalue weighted by Crippen LogP contribution is 2.51. The van der Waals surface area contributed by atoms with Crippen LogP contribution in [0.2, 0.25) is 5.02 Å². The summed E-state index contributed by atoms with van der Waals surface area (Å²) >= 11 is 6.71. The molecule has 2 atom stereocenters. The van der Waals surface area contributed by atoms with E-state index in [-0.39, 0.29) is 30.1 Å². The number of allylic oxidation sites excluding steroid dienone is 2. The van der Waals surface area contributed by atoms with Gasteiger partial charge < -0.3 is 19.5 Å². The minimum atomic E-state index is -0.756. The number of ketones is 1. The van der Waals surface area contributed by atoms with E-state index in [2.05, 4.69) is 25.7 Å². The summed E-state index contributed by atoms with van der Waals surface area (Å²) in [5.41, 5.74) is 2.45. The van der Waals surface area contributed by atoms with Gasteiger partial charge in [-0.25, -0.2) is 0 Å². The number of esters is 1. The van der Waals surface area contributed by atoms with E-state index in [0.29, 0.717) is 46.2 Å². The molecule has 0 spiro atoms. The molecule has 2 aliphatic heterocycles. The average Bonchev–Trinajstić information content (AvgIpc) is 3.19. The molecule has 1 saturated carbocycles. The Balaban J connectivity index is 1.59. The van der Waals surface area contributed by atoms with E-state index in [9.17, 15) is 9.59 Å². The Bertz CT molecular complexity index is 1050. The fraction of sp³-hybridized carbons (Fsp3) is 0.538. The smallest absolute Gasteiger partial charge is 0.316 e. The summed E-state index contributed by atoms with van der Waals surface area (Å²) in [7, 11) is 0. The van der Waals surface area contributed by atoms with Gasteiger partial charge >= 0.3 is 5.97 Å². The molecule has 0 radical (unpaired) electrons. The molecule has 6 nitrogen and oxygen atoms in total. The number of hydrogen-bond acceptors (Lipinski definition) is 6. The quantitative estimate of drug-likeness (QED) is 0.594. The number of carbonyl (C=O) groups is 2. The van der Waals surface area contributed by atoms with Crippen molar-refractivity contribution in [1.29, 1.82) is 0 Å². The number of benzene rings is 1. The Morgan fingerprint density at radius 1 is 1.15 bits per heavy atom. The molecule has 33 heavy (non-hydrogen) atoms. The molecule has 2 aliphatic carbocycles. The van der Waals surface area contributed by atoms with E-state index in [0.717, 1.165) is 31.4 Å². The third-order valence-corrected chi connectivity index (χ3v) is 7.49. The number of halogens is 1. The van der Waals surface area contributed by atoms with Crippen molar-refractivity contribution in [2.45, 2.75) is 70.8 Å². The molecule has 0 amide bonds. The fourth-order valence-corrected chi connectivity index (χ4v) is 5.92. The molecule has 1 fully saturated rings. The summed E-state index contributed by atoms with van der Waals surface area (Å²) in [5, 5.41) is 3.74. The van der Waals surface area contributed by atoms with Crippen LogP contribution in [0, 0.1) is 11.3 Å². The van der Waals surface area contributed by atoms with Gasteiger partial charge in [0.05, 0.1) is 0 Å². The van der Waals surface area contributed by atoms with Crippen molar-refractivity contribution in [1.82, 2.24) is 5.32 Å². The van der Waals surface area contributed by atoms with Gasteiger partial charge in [0.1, 0.15) is 12.0 Å². The minimum Gasteiger partial charge on any atom is -0.462 e. The van der Waals surface area contributed by atoms with Crippen LogP contribution in [-0.2, 0) is 14.3 Å². The molecule has 1 aromatic rings. The Morgan fingerprint density at radius 3 is 2.58 bits per heavy atom. The first kappa shape index (κ1) is 22.3. The van der Waals surface area contributed by atoms with Gasteiger partial charge in [-0.15, -0.1) is 0 Å². The van der Waals surface area contributed by atoms with E-state index in [1.54, 1.807) is 12.1 Å². The molecule has 5 rings (SSSR count). The second kappa shape index (κ2) is 8.39. The van der Waals surface area contributed by atoms with Crippen molar-refractivity contribution in [2.75, 3.05) is 6.79 Å². The maximum Gasteiger partial charge on any atom is 0.316 e. The van der Waals surface area contributed by atoms with Gasteiger partial charge in [-0.1, -0.05) is 38.4 Å². The van der Waals surface area contributed by atoms with Crippen molar-refractivity contribution in [3.05, 3.63) is 46.3 Å². The lowest BCUT2D eigenvalue weighted by Gasteiger charge is -2.42. The Kier molecular flexibility index (Phi) is 5.68. The van der Waals surface area contributed by atoms with Gasteiger partial charge in [0.15, 0.2) is 17.3 Å². The second-order valence-electron chi connectivity index (χ2n) is 10.4. The number of fused-ring (bicyclic) bond motifs is 1. The maximum absolute atomic E-state index is 13.6. The van der Waals surface area contributed by atoms with E-state index >= 15 is 0 Å². The third-order valence-electron chi connectivity index (χ3n) is 7.17. The van der Waals surface area contributed by atoms with Gasteiger partial charge in [-0.2, -0.15) is 0 Å². The summed E-state index contributed by atoms with van der Waals surface area (Å²) in [6.07, 6.45) is 6.03. The van der Waals surface area contributed by atoms with Crippen LogP contribution < -0.4 is 14.8 Å². The van der Waals surface area contributed by atoms with E-state index < -0.39 is 11.8 Å². The third kappa shape index (κ3) is 4.14. The summed E-state index contributed by atoms with van der Waals surface area (Å²) in [5.74, 6) is -0.561. The number of Topliss-reactive ketones (excluding diaryl/α,β-unsaturated/α-hetero) is 1. The fourth-order valence-electron chi connectivity index (χ4n) is 5.65. The predicted octanol–water partition coefficient (Wildman–Crippen LogP) is 5.40. The average molecular weight is 472 g/mol. The van der Waals surface area contributed by atoms with Gasteiger partial charge in [-0.3, -0.25) is 9.59 Å². The molecule has 1 N–H and O–H groups in total. The van der Waals surface area contributed by atoms with Gasteiger partial charge in [-0.05, 0) is 49.1 Å². The summed E-state index contributed by atoms with van der Waals surface area (Å²) in [6.45, 7) is 8.46. The molecule has 2 unspecified atom stereocenters. The van der Waals surface area contributed by atoms with Crippen LogP contribution >= 0.6 is 11.6 Å². The van der Waals surface area contributed by atoms with Gasteiger partial charge in [0, 0.05) is 40.4 Å². The van der Waals surface area contributed by atoms with E-state index in [4.69, 9.17) is 25.8 Å². The molecule has 0 bridgehead atoms. The molecule has 7 heteroatoms. The largest absolute Gasteiger partial charge is 0.462 e. The number of carbonyl (C=O) groups excluding carboxylic acids is 2. The molecule has 0 aromatic heterocycles. The first-order chi connectivity index (χ1) is 15.7.